The van der Waals surface area contributed by atoms with E-state index in [1.165, 1.54) is 23.6 Å². The largest absolute Gasteiger partial charge is 0.416 e. The maximum atomic E-state index is 12.9. The highest BCUT2D eigenvalue weighted by Gasteiger charge is 2.30. The molecule has 2 N–H and O–H groups in total. The summed E-state index contributed by atoms with van der Waals surface area (Å²) in [4.78, 5) is 29.1. The van der Waals surface area contributed by atoms with Crippen LogP contribution in [0.15, 0.2) is 54.7 Å². The smallest absolute Gasteiger partial charge is 0.326 e. The lowest BCUT2D eigenvalue weighted by molar-refractivity contribution is -0.137. The number of alkyl halides is 3. The molecular weight excluding hydrogens is 427 g/mol. The molecule has 0 radical (unpaired) electrons. The molecule has 0 bridgehead atoms. The molecule has 4 rings (SSSR count). The number of nitrogens with one attached hydrogen (secondary N) is 2. The Morgan fingerprint density at radius 1 is 1.06 bits per heavy atom. The van der Waals surface area contributed by atoms with Crippen LogP contribution < -0.4 is 10.6 Å². The van der Waals surface area contributed by atoms with Gasteiger partial charge in [-0.3, -0.25) is 14.9 Å². The van der Waals surface area contributed by atoms with Crippen molar-refractivity contribution in [2.75, 3.05) is 10.6 Å². The molecule has 0 spiro atoms. The van der Waals surface area contributed by atoms with Gasteiger partial charge >= 0.3 is 6.18 Å². The average molecular weight is 445 g/mol. The zero-order valence-electron chi connectivity index (χ0n) is 16.2. The van der Waals surface area contributed by atoms with Crippen molar-refractivity contribution in [2.45, 2.75) is 25.4 Å². The van der Waals surface area contributed by atoms with Gasteiger partial charge in [-0.2, -0.15) is 13.2 Å². The highest BCUT2D eigenvalue weighted by atomic mass is 32.1. The van der Waals surface area contributed by atoms with Gasteiger partial charge in [-0.25, -0.2) is 4.98 Å². The molecule has 0 unspecified atom stereocenters. The Kier molecular flexibility index (Phi) is 5.77. The van der Waals surface area contributed by atoms with Gasteiger partial charge in [0.2, 0.25) is 5.91 Å². The minimum atomic E-state index is -4.39. The Labute approximate surface area is 180 Å². The fourth-order valence-corrected chi connectivity index (χ4v) is 3.81. The molecule has 31 heavy (non-hydrogen) atoms. The Balaban J connectivity index is 1.36. The van der Waals surface area contributed by atoms with Gasteiger partial charge in [-0.05, 0) is 48.7 Å². The van der Waals surface area contributed by atoms with Crippen molar-refractivity contribution in [3.05, 3.63) is 76.3 Å². The van der Waals surface area contributed by atoms with E-state index in [9.17, 15) is 22.8 Å². The van der Waals surface area contributed by atoms with Crippen LogP contribution in [0.5, 0.6) is 0 Å². The zero-order chi connectivity index (χ0) is 22.0. The molecule has 0 aliphatic heterocycles. The summed E-state index contributed by atoms with van der Waals surface area (Å²) >= 11 is 1.20. The quantitative estimate of drug-likeness (QED) is 0.537. The number of nitrogens with zero attached hydrogens (tertiary/aromatic N) is 1. The lowest BCUT2D eigenvalue weighted by atomic mass is 10.1. The molecular formula is C22H18F3N3O2S. The van der Waals surface area contributed by atoms with Crippen LogP contribution in [0.1, 0.15) is 39.2 Å². The van der Waals surface area contributed by atoms with Crippen molar-refractivity contribution in [1.82, 2.24) is 4.98 Å². The first-order valence-corrected chi connectivity index (χ1v) is 10.4. The minimum Gasteiger partial charge on any atom is -0.326 e. The molecule has 9 heteroatoms. The van der Waals surface area contributed by atoms with Gasteiger partial charge in [0.05, 0.1) is 5.56 Å². The van der Waals surface area contributed by atoms with Crippen molar-refractivity contribution in [3.8, 4) is 0 Å². The van der Waals surface area contributed by atoms with E-state index in [0.29, 0.717) is 21.9 Å². The molecule has 1 aliphatic rings. The van der Waals surface area contributed by atoms with Crippen molar-refractivity contribution < 1.29 is 22.8 Å². The number of carbonyl (C=O) groups is 2. The van der Waals surface area contributed by atoms with Crippen LogP contribution in [0, 0.1) is 5.92 Å². The van der Waals surface area contributed by atoms with Crippen LogP contribution >= 0.6 is 11.3 Å². The predicted octanol–water partition coefficient (Wildman–Crippen LogP) is 5.35. The molecule has 1 heterocycles. The Hall–Kier alpha value is -3.20. The maximum Gasteiger partial charge on any atom is 0.416 e. The third-order valence-corrected chi connectivity index (χ3v) is 5.68. The molecule has 2 aromatic carbocycles. The molecule has 0 saturated heterocycles. The molecule has 5 nitrogen and oxygen atoms in total. The third kappa shape index (κ3) is 5.49. The topological polar surface area (TPSA) is 71.1 Å². The molecule has 0 atom stereocenters. The summed E-state index contributed by atoms with van der Waals surface area (Å²) in [7, 11) is 0. The number of thiazole rings is 1. The number of amides is 2. The predicted molar refractivity (Wildman–Crippen MR) is 112 cm³/mol. The molecule has 1 fully saturated rings. The van der Waals surface area contributed by atoms with Crippen LogP contribution in [0.25, 0.3) is 0 Å². The van der Waals surface area contributed by atoms with Gasteiger partial charge in [0, 0.05) is 34.7 Å². The number of halogens is 3. The maximum absolute atomic E-state index is 12.9. The monoisotopic (exact) mass is 445 g/mol. The summed E-state index contributed by atoms with van der Waals surface area (Å²) in [5, 5.41) is 5.86. The number of hydrogen-bond donors (Lipinski definition) is 2. The normalized spacial score (nSPS) is 13.6. The van der Waals surface area contributed by atoms with Crippen LogP contribution in [0.2, 0.25) is 0 Å². The van der Waals surface area contributed by atoms with Crippen molar-refractivity contribution in [1.29, 1.82) is 0 Å². The van der Waals surface area contributed by atoms with Crippen molar-refractivity contribution in [3.63, 3.8) is 0 Å². The van der Waals surface area contributed by atoms with Crippen LogP contribution in [0.4, 0.5) is 24.0 Å². The first-order chi connectivity index (χ1) is 14.8. The highest BCUT2D eigenvalue weighted by Crippen LogP contribution is 2.31. The first-order valence-electron chi connectivity index (χ1n) is 9.61. The van der Waals surface area contributed by atoms with Gasteiger partial charge < -0.3 is 5.32 Å². The van der Waals surface area contributed by atoms with Crippen molar-refractivity contribution in [2.24, 2.45) is 5.92 Å². The molecule has 2 amide bonds. The average Bonchev–Trinajstić information content (AvgIpc) is 3.50. The number of hydrogen-bond acceptors (Lipinski definition) is 4. The van der Waals surface area contributed by atoms with E-state index in [1.807, 2.05) is 0 Å². The summed E-state index contributed by atoms with van der Waals surface area (Å²) < 4.78 is 38.6. The minimum absolute atomic E-state index is 0.00622. The third-order valence-electron chi connectivity index (χ3n) is 4.77. The number of benzene rings is 2. The molecule has 1 aliphatic carbocycles. The number of carbonyl (C=O) groups excluding carboxylic acids is 2. The summed E-state index contributed by atoms with van der Waals surface area (Å²) in [5.74, 6) is -0.272. The van der Waals surface area contributed by atoms with Gasteiger partial charge in [0.15, 0.2) is 5.13 Å². The lowest BCUT2D eigenvalue weighted by Gasteiger charge is -2.08. The second-order valence-corrected chi connectivity index (χ2v) is 8.42. The van der Waals surface area contributed by atoms with E-state index in [1.54, 1.807) is 30.3 Å². The van der Waals surface area contributed by atoms with Crippen LogP contribution in [0.3, 0.4) is 0 Å². The number of aromatic nitrogens is 1. The summed E-state index contributed by atoms with van der Waals surface area (Å²) in [6.45, 7) is 0. The second kappa shape index (κ2) is 8.50. The van der Waals surface area contributed by atoms with Crippen LogP contribution in [-0.4, -0.2) is 16.8 Å². The van der Waals surface area contributed by atoms with E-state index in [-0.39, 0.29) is 24.2 Å². The van der Waals surface area contributed by atoms with Crippen LogP contribution in [-0.2, 0) is 17.4 Å². The number of anilines is 2. The Morgan fingerprint density at radius 3 is 2.48 bits per heavy atom. The van der Waals surface area contributed by atoms with Gasteiger partial charge in [-0.1, -0.05) is 18.2 Å². The first kappa shape index (κ1) is 21.0. The molecule has 1 aromatic heterocycles. The SMILES string of the molecule is O=C(Nc1ncc(Cc2cccc(C(F)(F)F)c2)s1)c1ccc(NC(=O)C2CC2)cc1. The van der Waals surface area contributed by atoms with E-state index in [2.05, 4.69) is 15.6 Å². The van der Waals surface area contributed by atoms with E-state index < -0.39 is 11.7 Å². The Morgan fingerprint density at radius 2 is 1.81 bits per heavy atom. The standard InChI is InChI=1S/C22H18F3N3O2S/c23-22(24,25)16-3-1-2-13(10-16)11-18-12-26-21(31-18)28-20(30)15-6-8-17(9-7-15)27-19(29)14-4-5-14/h1-3,6-10,12,14H,4-5,11H2,(H,27,29)(H,26,28,30). The summed E-state index contributed by atoms with van der Waals surface area (Å²) in [5.41, 5.74) is 0.852. The van der Waals surface area contributed by atoms with Crippen molar-refractivity contribution >= 4 is 34.0 Å². The summed E-state index contributed by atoms with van der Waals surface area (Å²) in [6.07, 6.45) is -0.741. The molecule has 160 valence electrons. The fourth-order valence-electron chi connectivity index (χ4n) is 2.97. The van der Waals surface area contributed by atoms with E-state index >= 15 is 0 Å². The van der Waals surface area contributed by atoms with E-state index in [0.717, 1.165) is 29.9 Å². The van der Waals surface area contributed by atoms with Gasteiger partial charge in [0.1, 0.15) is 0 Å². The number of rotatable bonds is 6. The lowest BCUT2D eigenvalue weighted by Crippen LogP contribution is -2.14. The highest BCUT2D eigenvalue weighted by molar-refractivity contribution is 7.15. The zero-order valence-corrected chi connectivity index (χ0v) is 17.0. The molecule has 3 aromatic rings. The second-order valence-electron chi connectivity index (χ2n) is 7.30. The van der Waals surface area contributed by atoms with E-state index in [4.69, 9.17) is 0 Å². The summed E-state index contributed by atoms with van der Waals surface area (Å²) in [6, 6.07) is 11.7. The van der Waals surface area contributed by atoms with Gasteiger partial charge in [0.25, 0.3) is 5.91 Å². The van der Waals surface area contributed by atoms with Gasteiger partial charge in [-0.15, -0.1) is 11.3 Å². The fraction of sp³-hybridized carbons (Fsp3) is 0.227. The Bertz CT molecular complexity index is 1110. The molecule has 1 saturated carbocycles.